The van der Waals surface area contributed by atoms with Crippen LogP contribution in [0.25, 0.3) is 22.3 Å². The van der Waals surface area contributed by atoms with Crippen molar-refractivity contribution in [2.75, 3.05) is 81.9 Å². The molecule has 7 heterocycles. The van der Waals surface area contributed by atoms with Gasteiger partial charge in [-0.15, -0.1) is 0 Å². The third kappa shape index (κ3) is 7.73. The molecule has 6 aliphatic rings. The Morgan fingerprint density at radius 2 is 1.71 bits per heavy atom. The summed E-state index contributed by atoms with van der Waals surface area (Å²) in [6.45, 7) is 11.7. The molecule has 1 unspecified atom stereocenters. The van der Waals surface area contributed by atoms with Crippen LogP contribution >= 0.6 is 0 Å². The lowest BCUT2D eigenvalue weighted by molar-refractivity contribution is -0.136. The van der Waals surface area contributed by atoms with Gasteiger partial charge < -0.3 is 29.1 Å². The Balaban J connectivity index is 0.692. The number of morpholine rings is 1. The van der Waals surface area contributed by atoms with E-state index in [1.165, 1.54) is 4.90 Å². The molecule has 15 nitrogen and oxygen atoms in total. The van der Waals surface area contributed by atoms with Crippen molar-refractivity contribution in [2.24, 2.45) is 5.92 Å². The number of piperazine rings is 1. The second-order valence-corrected chi connectivity index (χ2v) is 17.4. The van der Waals surface area contributed by atoms with Crippen molar-refractivity contribution in [1.82, 2.24) is 40.2 Å². The third-order valence-electron chi connectivity index (χ3n) is 13.2. The Labute approximate surface area is 342 Å². The van der Waals surface area contributed by atoms with E-state index in [9.17, 15) is 14.4 Å². The molecule has 1 aliphatic carbocycles. The number of carbonyl (C=O) groups excluding carboxylic acids is 3. The average molecular weight is 807 g/mol. The van der Waals surface area contributed by atoms with E-state index in [1.54, 1.807) is 18.5 Å². The quantitative estimate of drug-likeness (QED) is 0.226. The Kier molecular flexibility index (Phi) is 9.96. The zero-order valence-electron chi connectivity index (χ0n) is 33.5. The molecule has 0 bridgehead atoms. The molecule has 5 fully saturated rings. The number of H-pyrrole nitrogens is 1. The second kappa shape index (κ2) is 15.4. The first-order chi connectivity index (χ1) is 28.7. The monoisotopic (exact) mass is 806 g/mol. The van der Waals surface area contributed by atoms with Crippen LogP contribution in [0, 0.1) is 11.7 Å². The molecule has 2 N–H and O–H groups in total. The molecule has 2 aromatic carbocycles. The number of carbonyl (C=O) groups is 3. The molecular formula is C43H51FN10O5. The number of piperidine rings is 2. The van der Waals surface area contributed by atoms with Gasteiger partial charge in [-0.05, 0) is 75.3 Å². The van der Waals surface area contributed by atoms with Crippen molar-refractivity contribution in [3.05, 3.63) is 59.7 Å². The highest BCUT2D eigenvalue weighted by Crippen LogP contribution is 2.41. The molecule has 310 valence electrons. The number of ether oxygens (including phenoxy) is 2. The topological polar surface area (TPSA) is 152 Å². The molecule has 2 aromatic heterocycles. The van der Waals surface area contributed by atoms with Gasteiger partial charge in [0.2, 0.25) is 11.8 Å². The van der Waals surface area contributed by atoms with Crippen LogP contribution in [0.5, 0.6) is 5.75 Å². The normalized spacial score (nSPS) is 24.2. The van der Waals surface area contributed by atoms with E-state index in [1.807, 2.05) is 18.2 Å². The number of nitrogens with zero attached hydrogens (tertiary/aromatic N) is 8. The minimum absolute atomic E-state index is 0.0396. The number of nitrogens with one attached hydrogen (secondary N) is 2. The lowest BCUT2D eigenvalue weighted by Crippen LogP contribution is -2.53. The molecule has 59 heavy (non-hydrogen) atoms. The largest absolute Gasteiger partial charge is 0.488 e. The van der Waals surface area contributed by atoms with Gasteiger partial charge in [-0.25, -0.2) is 14.4 Å². The fourth-order valence-electron chi connectivity index (χ4n) is 9.50. The van der Waals surface area contributed by atoms with Crippen molar-refractivity contribution in [1.29, 1.82) is 0 Å². The molecule has 0 radical (unpaired) electrons. The molecule has 4 aromatic rings. The maximum absolute atomic E-state index is 16.0. The summed E-state index contributed by atoms with van der Waals surface area (Å²) >= 11 is 0. The van der Waals surface area contributed by atoms with Crippen molar-refractivity contribution < 1.29 is 28.2 Å². The number of hydrogen-bond donors (Lipinski definition) is 2. The van der Waals surface area contributed by atoms with Crippen LogP contribution < -0.4 is 19.9 Å². The number of benzene rings is 2. The highest BCUT2D eigenvalue weighted by molar-refractivity contribution is 6.05. The maximum Gasteiger partial charge on any atom is 0.255 e. The summed E-state index contributed by atoms with van der Waals surface area (Å²) in [6.07, 6.45) is 6.21. The first kappa shape index (κ1) is 38.0. The van der Waals surface area contributed by atoms with Crippen molar-refractivity contribution >= 4 is 40.1 Å². The fraction of sp³-hybridized carbons (Fsp3) is 0.535. The second-order valence-electron chi connectivity index (χ2n) is 17.4. The lowest BCUT2D eigenvalue weighted by Gasteiger charge is -2.41. The van der Waals surface area contributed by atoms with Gasteiger partial charge in [0.05, 0.1) is 36.2 Å². The number of anilines is 2. The number of aromatic amines is 1. The molecule has 0 spiro atoms. The Morgan fingerprint density at radius 3 is 2.49 bits per heavy atom. The average Bonchev–Trinajstić information content (AvgIpc) is 3.66. The summed E-state index contributed by atoms with van der Waals surface area (Å²) < 4.78 is 28.5. The molecule has 10 rings (SSSR count). The van der Waals surface area contributed by atoms with Crippen molar-refractivity contribution in [3.63, 3.8) is 0 Å². The number of hydrogen-bond acceptors (Lipinski definition) is 12. The molecule has 2 atom stereocenters. The first-order valence-electron chi connectivity index (χ1n) is 21.2. The smallest absolute Gasteiger partial charge is 0.255 e. The molecule has 3 amide bonds. The number of imide groups is 1. The summed E-state index contributed by atoms with van der Waals surface area (Å²) in [7, 11) is 0. The summed E-state index contributed by atoms with van der Waals surface area (Å²) in [5.74, 6) is 0.694. The number of aromatic nitrogens is 4. The number of rotatable bonds is 10. The number of halogens is 1. The van der Waals surface area contributed by atoms with Crippen LogP contribution in [0.1, 0.15) is 61.4 Å². The van der Waals surface area contributed by atoms with Gasteiger partial charge in [0, 0.05) is 94.4 Å². The summed E-state index contributed by atoms with van der Waals surface area (Å²) in [5, 5.41) is 11.1. The molecule has 5 aliphatic heterocycles. The lowest BCUT2D eigenvalue weighted by atomic mass is 9.95. The summed E-state index contributed by atoms with van der Waals surface area (Å²) in [4.78, 5) is 57.4. The fourth-order valence-corrected chi connectivity index (χ4v) is 9.50. The maximum atomic E-state index is 16.0. The van der Waals surface area contributed by atoms with Gasteiger partial charge >= 0.3 is 0 Å². The van der Waals surface area contributed by atoms with Crippen molar-refractivity contribution in [3.8, 4) is 17.1 Å². The Hall–Kier alpha value is -5.19. The van der Waals surface area contributed by atoms with Crippen LogP contribution in [-0.2, 0) is 20.9 Å². The Bertz CT molecular complexity index is 2270. The van der Waals surface area contributed by atoms with E-state index >= 15 is 4.39 Å². The zero-order chi connectivity index (χ0) is 40.3. The minimum atomic E-state index is -0.759. The SMILES string of the molecule is CC1(Oc2ccc3[nH]nc(-c4cc(N5CCO[C@H](CN6CCN(CC7CCN(c8ccc9c(c8F)CN(C8CCC(=O)NC8=O)C9=O)CC7)CC6)C5)ncn4)c3c2)CC1. The van der Waals surface area contributed by atoms with E-state index in [4.69, 9.17) is 9.47 Å². The van der Waals surface area contributed by atoms with Gasteiger partial charge in [0.15, 0.2) is 5.82 Å². The van der Waals surface area contributed by atoms with Crippen LogP contribution in [-0.4, -0.2) is 142 Å². The van der Waals surface area contributed by atoms with E-state index < -0.39 is 11.9 Å². The molecule has 4 saturated heterocycles. The number of amides is 3. The predicted octanol–water partition coefficient (Wildman–Crippen LogP) is 3.59. The van der Waals surface area contributed by atoms with Crippen LogP contribution in [0.15, 0.2) is 42.7 Å². The summed E-state index contributed by atoms with van der Waals surface area (Å²) in [6, 6.07) is 10.7. The predicted molar refractivity (Wildman–Crippen MR) is 218 cm³/mol. The first-order valence-corrected chi connectivity index (χ1v) is 21.2. The molecule has 1 saturated carbocycles. The standard InChI is InChI=1S/C43H51FN10O5/c1-43(10-11-43)59-28-2-4-33-31(20-28)40(49-48-33)34-21-37(46-26-45-34)53-18-19-58-29(24-53)23-51-16-14-50(15-17-51)22-27-8-12-52(13-9-27)35-5-3-30-32(39(35)44)25-54(42(30)57)36-6-7-38(55)47-41(36)56/h2-5,20-21,26-27,29,36H,6-19,22-25H2,1H3,(H,48,49)(H,47,55,56)/t29-,36?/m1/s1. The van der Waals surface area contributed by atoms with Gasteiger partial charge in [-0.3, -0.25) is 29.7 Å². The van der Waals surface area contributed by atoms with Gasteiger partial charge in [-0.2, -0.15) is 5.10 Å². The highest BCUT2D eigenvalue weighted by atomic mass is 19.1. The highest BCUT2D eigenvalue weighted by Gasteiger charge is 2.42. The van der Waals surface area contributed by atoms with E-state index in [0.29, 0.717) is 29.3 Å². The van der Waals surface area contributed by atoms with Crippen LogP contribution in [0.4, 0.5) is 15.9 Å². The molecular weight excluding hydrogens is 756 g/mol. The zero-order valence-corrected chi connectivity index (χ0v) is 33.5. The van der Waals surface area contributed by atoms with Gasteiger partial charge in [-0.1, -0.05) is 0 Å². The number of fused-ring (bicyclic) bond motifs is 2. The van der Waals surface area contributed by atoms with E-state index in [-0.39, 0.29) is 48.7 Å². The van der Waals surface area contributed by atoms with Gasteiger partial charge in [0.1, 0.15) is 35.2 Å². The van der Waals surface area contributed by atoms with E-state index in [2.05, 4.69) is 58.1 Å². The molecule has 16 heteroatoms. The minimum Gasteiger partial charge on any atom is -0.488 e. The summed E-state index contributed by atoms with van der Waals surface area (Å²) in [5.41, 5.74) is 3.61. The Morgan fingerprint density at radius 1 is 0.915 bits per heavy atom. The van der Waals surface area contributed by atoms with Crippen LogP contribution in [0.3, 0.4) is 0 Å². The third-order valence-corrected chi connectivity index (χ3v) is 13.2. The van der Waals surface area contributed by atoms with Gasteiger partial charge in [0.25, 0.3) is 5.91 Å². The van der Waals surface area contributed by atoms with Crippen molar-refractivity contribution in [2.45, 2.75) is 69.7 Å². The van der Waals surface area contributed by atoms with E-state index in [0.717, 1.165) is 125 Å². The van der Waals surface area contributed by atoms with Crippen LogP contribution in [0.2, 0.25) is 0 Å².